The van der Waals surface area contributed by atoms with Gasteiger partial charge in [-0.2, -0.15) is 0 Å². The van der Waals surface area contributed by atoms with E-state index < -0.39 is 52.9 Å². The molecule has 0 saturated carbocycles. The average molecular weight is 457 g/mol. The van der Waals surface area contributed by atoms with E-state index in [0.717, 1.165) is 11.0 Å². The van der Waals surface area contributed by atoms with E-state index in [2.05, 4.69) is 10.6 Å². The predicted molar refractivity (Wildman–Crippen MR) is 113 cm³/mol. The molecule has 10 heteroatoms. The number of anilines is 2. The summed E-state index contributed by atoms with van der Waals surface area (Å²) in [6.45, 7) is 0. The van der Waals surface area contributed by atoms with Crippen molar-refractivity contribution in [3.63, 3.8) is 0 Å². The fourth-order valence-corrected chi connectivity index (χ4v) is 5.36. The van der Waals surface area contributed by atoms with Crippen molar-refractivity contribution >= 4 is 46.6 Å². The van der Waals surface area contributed by atoms with Crippen molar-refractivity contribution in [1.29, 1.82) is 0 Å². The van der Waals surface area contributed by atoms with E-state index in [1.54, 1.807) is 24.3 Å². The number of carbonyl (C=O) groups excluding carboxylic acids is 4. The third-order valence-electron chi connectivity index (χ3n) is 6.49. The normalized spacial score (nSPS) is 28.2. The van der Waals surface area contributed by atoms with Gasteiger partial charge in [-0.3, -0.25) is 24.5 Å². The smallest absolute Gasteiger partial charge is 0.250 e. The van der Waals surface area contributed by atoms with Crippen LogP contribution < -0.4 is 21.3 Å². The molecule has 3 heterocycles. The second kappa shape index (κ2) is 7.11. The maximum absolute atomic E-state index is 13.7. The second-order valence-corrected chi connectivity index (χ2v) is 8.58. The van der Waals surface area contributed by atoms with Gasteiger partial charge in [0.2, 0.25) is 23.6 Å². The summed E-state index contributed by atoms with van der Waals surface area (Å²) in [6, 6.07) is 9.85. The number of amides is 4. The monoisotopic (exact) mass is 456 g/mol. The molecule has 3 aliphatic rings. The van der Waals surface area contributed by atoms with Crippen LogP contribution >= 0.6 is 11.6 Å². The summed E-state index contributed by atoms with van der Waals surface area (Å²) in [5, 5.41) is 5.76. The third-order valence-corrected chi connectivity index (χ3v) is 6.78. The number of hydrogen-bond donors (Lipinski definition) is 3. The minimum Gasteiger partial charge on any atom is -0.370 e. The van der Waals surface area contributed by atoms with Crippen LogP contribution in [0.15, 0.2) is 42.5 Å². The number of benzene rings is 2. The fourth-order valence-electron chi connectivity index (χ4n) is 5.18. The van der Waals surface area contributed by atoms with Crippen LogP contribution in [0.1, 0.15) is 18.4 Å². The average Bonchev–Trinajstić information content (AvgIpc) is 3.33. The molecule has 4 N–H and O–H groups in total. The van der Waals surface area contributed by atoms with Gasteiger partial charge in [-0.15, -0.1) is 0 Å². The zero-order chi connectivity index (χ0) is 22.8. The molecule has 0 aliphatic carbocycles. The van der Waals surface area contributed by atoms with Crippen molar-refractivity contribution in [2.75, 3.05) is 10.2 Å². The number of hydrogen-bond acceptors (Lipinski definition) is 5. The third kappa shape index (κ3) is 2.71. The first-order valence-electron chi connectivity index (χ1n) is 10.1. The molecule has 2 aromatic carbocycles. The standard InChI is InChI=1S/C22H18ClFN4O4/c23-12-9-10(5-6-13(12)24)28-19(30)17-15(7-8-16(25)29)27-22(18(17)20(28)31)11-3-1-2-4-14(11)26-21(22)32/h1-6,9,15,17-18,27H,7-8H2,(H2,25,29)(H,26,32)/t15-,17+,18-,22-/m0/s1. The van der Waals surface area contributed by atoms with Gasteiger partial charge in [-0.1, -0.05) is 29.8 Å². The lowest BCUT2D eigenvalue weighted by Gasteiger charge is -2.29. The second-order valence-electron chi connectivity index (χ2n) is 8.18. The van der Waals surface area contributed by atoms with Gasteiger partial charge in [0.05, 0.1) is 22.5 Å². The SMILES string of the molecule is NC(=O)CC[C@@H]1N[C@]2(C(=O)Nc3ccccc32)[C@@H]2C(=O)N(c3ccc(F)c(Cl)c3)C(=O)[C@H]12. The lowest BCUT2D eigenvalue weighted by atomic mass is 9.76. The number of imide groups is 1. The van der Waals surface area contributed by atoms with Crippen LogP contribution in [0.5, 0.6) is 0 Å². The molecule has 0 unspecified atom stereocenters. The number of rotatable bonds is 4. The Kier molecular flexibility index (Phi) is 4.58. The summed E-state index contributed by atoms with van der Waals surface area (Å²) in [5.41, 5.74) is 5.05. The number of carbonyl (C=O) groups is 4. The minimum absolute atomic E-state index is 0.0237. The Morgan fingerprint density at radius 1 is 1.16 bits per heavy atom. The first kappa shape index (κ1) is 20.6. The van der Waals surface area contributed by atoms with E-state index in [0.29, 0.717) is 11.3 Å². The number of para-hydroxylation sites is 1. The maximum atomic E-state index is 13.7. The largest absolute Gasteiger partial charge is 0.370 e. The molecule has 0 aromatic heterocycles. The van der Waals surface area contributed by atoms with Crippen LogP contribution in [0, 0.1) is 17.7 Å². The van der Waals surface area contributed by atoms with Crippen LogP contribution in [0.25, 0.3) is 0 Å². The summed E-state index contributed by atoms with van der Waals surface area (Å²) in [6.07, 6.45) is 0.148. The molecule has 4 amide bonds. The van der Waals surface area contributed by atoms with Gasteiger partial charge in [0.1, 0.15) is 11.4 Å². The Labute approximate surface area is 186 Å². The molecule has 164 valence electrons. The lowest BCUT2D eigenvalue weighted by molar-refractivity contribution is -0.130. The van der Waals surface area contributed by atoms with Crippen LogP contribution in [0.4, 0.5) is 15.8 Å². The van der Waals surface area contributed by atoms with Crippen molar-refractivity contribution in [3.8, 4) is 0 Å². The van der Waals surface area contributed by atoms with Crippen molar-refractivity contribution in [3.05, 3.63) is 58.9 Å². The number of primary amides is 1. The number of nitrogens with one attached hydrogen (secondary N) is 2. The van der Waals surface area contributed by atoms with Crippen LogP contribution in [-0.4, -0.2) is 29.7 Å². The Bertz CT molecular complexity index is 1200. The Hall–Kier alpha value is -3.30. The zero-order valence-corrected chi connectivity index (χ0v) is 17.4. The molecule has 2 fully saturated rings. The van der Waals surface area contributed by atoms with Crippen molar-refractivity contribution < 1.29 is 23.6 Å². The van der Waals surface area contributed by atoms with Gasteiger partial charge < -0.3 is 11.1 Å². The number of fused-ring (bicyclic) bond motifs is 4. The van der Waals surface area contributed by atoms with Gasteiger partial charge in [-0.05, 0) is 30.7 Å². The Balaban J connectivity index is 1.64. The summed E-state index contributed by atoms with van der Waals surface area (Å²) in [5.74, 6) is -4.79. The quantitative estimate of drug-likeness (QED) is 0.604. The highest BCUT2D eigenvalue weighted by Gasteiger charge is 2.70. The summed E-state index contributed by atoms with van der Waals surface area (Å²) in [4.78, 5) is 52.8. The Morgan fingerprint density at radius 3 is 2.62 bits per heavy atom. The summed E-state index contributed by atoms with van der Waals surface area (Å²) >= 11 is 5.88. The zero-order valence-electron chi connectivity index (χ0n) is 16.6. The minimum atomic E-state index is -1.48. The fraction of sp³-hybridized carbons (Fsp3) is 0.273. The number of halogens is 2. The highest BCUT2D eigenvalue weighted by atomic mass is 35.5. The van der Waals surface area contributed by atoms with E-state index >= 15 is 0 Å². The molecular formula is C22H18ClFN4O4. The first-order valence-corrected chi connectivity index (χ1v) is 10.4. The molecule has 3 aliphatic heterocycles. The molecule has 2 saturated heterocycles. The highest BCUT2D eigenvalue weighted by molar-refractivity contribution is 6.32. The van der Waals surface area contributed by atoms with E-state index in [1.165, 1.54) is 12.1 Å². The summed E-state index contributed by atoms with van der Waals surface area (Å²) < 4.78 is 13.7. The van der Waals surface area contributed by atoms with E-state index in [-0.39, 0.29) is 23.6 Å². The molecule has 4 atom stereocenters. The molecular weight excluding hydrogens is 439 g/mol. The van der Waals surface area contributed by atoms with Crippen LogP contribution in [0.3, 0.4) is 0 Å². The van der Waals surface area contributed by atoms with E-state index in [9.17, 15) is 23.6 Å². The van der Waals surface area contributed by atoms with Gasteiger partial charge in [-0.25, -0.2) is 9.29 Å². The molecule has 2 aromatic rings. The highest BCUT2D eigenvalue weighted by Crippen LogP contribution is 2.54. The molecule has 5 rings (SSSR count). The van der Waals surface area contributed by atoms with Crippen molar-refractivity contribution in [2.45, 2.75) is 24.4 Å². The first-order chi connectivity index (χ1) is 15.3. The van der Waals surface area contributed by atoms with E-state index in [4.69, 9.17) is 17.3 Å². The molecule has 0 radical (unpaired) electrons. The molecule has 32 heavy (non-hydrogen) atoms. The predicted octanol–water partition coefficient (Wildman–Crippen LogP) is 1.67. The Morgan fingerprint density at radius 2 is 1.91 bits per heavy atom. The van der Waals surface area contributed by atoms with Crippen molar-refractivity contribution in [2.24, 2.45) is 17.6 Å². The van der Waals surface area contributed by atoms with Crippen LogP contribution in [0.2, 0.25) is 5.02 Å². The van der Waals surface area contributed by atoms with Gasteiger partial charge >= 0.3 is 0 Å². The lowest BCUT2D eigenvalue weighted by Crippen LogP contribution is -2.53. The molecule has 8 nitrogen and oxygen atoms in total. The van der Waals surface area contributed by atoms with E-state index in [1.807, 2.05) is 0 Å². The van der Waals surface area contributed by atoms with Crippen LogP contribution in [-0.2, 0) is 24.7 Å². The van der Waals surface area contributed by atoms with Gasteiger partial charge in [0, 0.05) is 23.7 Å². The van der Waals surface area contributed by atoms with Crippen molar-refractivity contribution in [1.82, 2.24) is 5.32 Å². The molecule has 0 bridgehead atoms. The molecule has 1 spiro atoms. The van der Waals surface area contributed by atoms with Gasteiger partial charge in [0.25, 0.3) is 0 Å². The number of nitrogens with two attached hydrogens (primary N) is 1. The van der Waals surface area contributed by atoms with Gasteiger partial charge in [0.15, 0.2) is 0 Å². The topological polar surface area (TPSA) is 122 Å². The number of nitrogens with zero attached hydrogens (tertiary/aromatic N) is 1. The summed E-state index contributed by atoms with van der Waals surface area (Å²) in [7, 11) is 0. The maximum Gasteiger partial charge on any atom is 0.250 e.